The van der Waals surface area contributed by atoms with Crippen LogP contribution in [-0.4, -0.2) is 11.2 Å². The van der Waals surface area contributed by atoms with E-state index in [0.717, 1.165) is 31.6 Å². The molecule has 0 spiro atoms. The monoisotopic (exact) mass is 330 g/mol. The molecule has 2 saturated carbocycles. The lowest BCUT2D eigenvalue weighted by atomic mass is 9.64. The van der Waals surface area contributed by atoms with Crippen LogP contribution in [-0.2, 0) is 0 Å². The molecule has 0 aliphatic heterocycles. The molecule has 0 bridgehead atoms. The first-order chi connectivity index (χ1) is 11.5. The minimum Gasteiger partial charge on any atom is -0.393 e. The summed E-state index contributed by atoms with van der Waals surface area (Å²) in [5, 5.41) is 9.85. The molecule has 136 valence electrons. The molecule has 1 nitrogen and oxygen atoms in total. The smallest absolute Gasteiger partial charge is 0.0540 e. The lowest BCUT2D eigenvalue weighted by molar-refractivity contribution is 0.109. The van der Waals surface area contributed by atoms with Crippen LogP contribution in [0, 0.1) is 29.6 Å². The SMILES string of the molecule is C=CC(C(=C)C(C)C)C(C(=C)C1CCC(O)CC1)C1CCCCC1. The van der Waals surface area contributed by atoms with Gasteiger partial charge in [-0.15, -0.1) is 6.58 Å². The predicted octanol–water partition coefficient (Wildman–Crippen LogP) is 6.30. The van der Waals surface area contributed by atoms with Gasteiger partial charge in [0, 0.05) is 5.92 Å². The van der Waals surface area contributed by atoms with Crippen LogP contribution >= 0.6 is 0 Å². The van der Waals surface area contributed by atoms with Gasteiger partial charge in [-0.2, -0.15) is 0 Å². The Morgan fingerprint density at radius 2 is 1.54 bits per heavy atom. The van der Waals surface area contributed by atoms with E-state index in [1.807, 2.05) is 0 Å². The zero-order valence-electron chi connectivity index (χ0n) is 16.0. The molecule has 24 heavy (non-hydrogen) atoms. The van der Waals surface area contributed by atoms with E-state index in [9.17, 15) is 5.11 Å². The number of hydrogen-bond acceptors (Lipinski definition) is 1. The van der Waals surface area contributed by atoms with Gasteiger partial charge in [0.05, 0.1) is 6.10 Å². The van der Waals surface area contributed by atoms with Gasteiger partial charge in [-0.05, 0) is 62.2 Å². The first kappa shape index (κ1) is 19.5. The molecule has 0 radical (unpaired) electrons. The van der Waals surface area contributed by atoms with Crippen LogP contribution in [0.1, 0.15) is 71.6 Å². The maximum Gasteiger partial charge on any atom is 0.0540 e. The minimum atomic E-state index is -0.0944. The molecule has 2 unspecified atom stereocenters. The van der Waals surface area contributed by atoms with Gasteiger partial charge in [-0.1, -0.05) is 63.5 Å². The van der Waals surface area contributed by atoms with Gasteiger partial charge < -0.3 is 5.11 Å². The molecule has 0 aromatic rings. The number of aliphatic hydroxyl groups is 1. The molecular formula is C23H38O. The first-order valence-electron chi connectivity index (χ1n) is 10.1. The largest absolute Gasteiger partial charge is 0.393 e. The third-order valence-corrected chi connectivity index (χ3v) is 6.62. The summed E-state index contributed by atoms with van der Waals surface area (Å²) in [7, 11) is 0. The fraction of sp³-hybridized carbons (Fsp3) is 0.739. The van der Waals surface area contributed by atoms with Crippen molar-refractivity contribution in [3.8, 4) is 0 Å². The third-order valence-electron chi connectivity index (χ3n) is 6.62. The lowest BCUT2D eigenvalue weighted by Gasteiger charge is -2.41. The van der Waals surface area contributed by atoms with Crippen molar-refractivity contribution in [1.29, 1.82) is 0 Å². The summed E-state index contributed by atoms with van der Waals surface area (Å²) < 4.78 is 0. The quantitative estimate of drug-likeness (QED) is 0.543. The van der Waals surface area contributed by atoms with Gasteiger partial charge in [0.2, 0.25) is 0 Å². The second-order valence-electron chi connectivity index (χ2n) is 8.50. The average Bonchev–Trinajstić information content (AvgIpc) is 2.59. The molecule has 1 heteroatoms. The van der Waals surface area contributed by atoms with Gasteiger partial charge >= 0.3 is 0 Å². The second kappa shape index (κ2) is 9.04. The highest BCUT2D eigenvalue weighted by molar-refractivity contribution is 5.22. The first-order valence-corrected chi connectivity index (χ1v) is 10.1. The van der Waals surface area contributed by atoms with Crippen molar-refractivity contribution in [3.63, 3.8) is 0 Å². The van der Waals surface area contributed by atoms with Crippen LogP contribution in [0.2, 0.25) is 0 Å². The lowest BCUT2D eigenvalue weighted by Crippen LogP contribution is -2.32. The number of allylic oxidation sites excluding steroid dienone is 3. The van der Waals surface area contributed by atoms with Gasteiger partial charge in [-0.25, -0.2) is 0 Å². The van der Waals surface area contributed by atoms with Gasteiger partial charge in [0.25, 0.3) is 0 Å². The second-order valence-corrected chi connectivity index (χ2v) is 8.50. The normalized spacial score (nSPS) is 28.3. The summed E-state index contributed by atoms with van der Waals surface area (Å²) in [5.41, 5.74) is 2.75. The summed E-state index contributed by atoms with van der Waals surface area (Å²) in [6, 6.07) is 0. The molecular weight excluding hydrogens is 292 g/mol. The van der Waals surface area contributed by atoms with Crippen LogP contribution in [0.5, 0.6) is 0 Å². The van der Waals surface area contributed by atoms with Crippen molar-refractivity contribution in [2.75, 3.05) is 0 Å². The predicted molar refractivity (Wildman–Crippen MR) is 105 cm³/mol. The molecule has 2 aliphatic rings. The maximum atomic E-state index is 9.85. The van der Waals surface area contributed by atoms with Crippen molar-refractivity contribution in [2.45, 2.75) is 77.7 Å². The van der Waals surface area contributed by atoms with E-state index >= 15 is 0 Å². The van der Waals surface area contributed by atoms with Crippen LogP contribution < -0.4 is 0 Å². The Bertz CT molecular complexity index is 433. The van der Waals surface area contributed by atoms with Crippen LogP contribution in [0.25, 0.3) is 0 Å². The standard InChI is InChI=1S/C23H38O/c1-6-22(17(4)16(2)3)23(20-10-8-7-9-11-20)18(5)19-12-14-21(24)15-13-19/h6,16,19-24H,1,4-5,7-15H2,2-3H3. The molecule has 0 saturated heterocycles. The highest BCUT2D eigenvalue weighted by Crippen LogP contribution is 2.46. The molecule has 0 heterocycles. The van der Waals surface area contributed by atoms with E-state index in [0.29, 0.717) is 23.7 Å². The molecule has 1 N–H and O–H groups in total. The van der Waals surface area contributed by atoms with Crippen molar-refractivity contribution in [1.82, 2.24) is 0 Å². The maximum absolute atomic E-state index is 9.85. The number of rotatable bonds is 7. The molecule has 2 atom stereocenters. The molecule has 0 aromatic carbocycles. The Labute approximate surface area is 149 Å². The van der Waals surface area contributed by atoms with Crippen molar-refractivity contribution < 1.29 is 5.11 Å². The molecule has 2 fully saturated rings. The van der Waals surface area contributed by atoms with Gasteiger partial charge in [-0.3, -0.25) is 0 Å². The fourth-order valence-electron chi connectivity index (χ4n) is 4.95. The highest BCUT2D eigenvalue weighted by Gasteiger charge is 2.36. The third kappa shape index (κ3) is 4.63. The van der Waals surface area contributed by atoms with E-state index in [1.54, 1.807) is 0 Å². The van der Waals surface area contributed by atoms with Crippen LogP contribution in [0.15, 0.2) is 37.0 Å². The van der Waals surface area contributed by atoms with E-state index in [4.69, 9.17) is 0 Å². The zero-order valence-corrected chi connectivity index (χ0v) is 16.0. The van der Waals surface area contributed by atoms with Crippen LogP contribution in [0.3, 0.4) is 0 Å². The van der Waals surface area contributed by atoms with E-state index < -0.39 is 0 Å². The van der Waals surface area contributed by atoms with E-state index in [1.165, 1.54) is 43.3 Å². The average molecular weight is 331 g/mol. The minimum absolute atomic E-state index is 0.0944. The van der Waals surface area contributed by atoms with Crippen molar-refractivity contribution in [3.05, 3.63) is 37.0 Å². The summed E-state index contributed by atoms with van der Waals surface area (Å²) in [5.74, 6) is 2.64. The fourth-order valence-corrected chi connectivity index (χ4v) is 4.95. The molecule has 0 amide bonds. The van der Waals surface area contributed by atoms with Crippen molar-refractivity contribution >= 4 is 0 Å². The number of aliphatic hydroxyl groups excluding tert-OH is 1. The summed E-state index contributed by atoms with van der Waals surface area (Å²) >= 11 is 0. The number of hydrogen-bond donors (Lipinski definition) is 1. The van der Waals surface area contributed by atoms with E-state index in [-0.39, 0.29) is 6.10 Å². The summed E-state index contributed by atoms with van der Waals surface area (Å²) in [4.78, 5) is 0. The van der Waals surface area contributed by atoms with Gasteiger partial charge in [0.1, 0.15) is 0 Å². The van der Waals surface area contributed by atoms with Crippen LogP contribution in [0.4, 0.5) is 0 Å². The zero-order chi connectivity index (χ0) is 17.7. The Morgan fingerprint density at radius 3 is 2.04 bits per heavy atom. The van der Waals surface area contributed by atoms with Gasteiger partial charge in [0.15, 0.2) is 0 Å². The summed E-state index contributed by atoms with van der Waals surface area (Å²) in [6.45, 7) is 17.7. The van der Waals surface area contributed by atoms with Crippen molar-refractivity contribution in [2.24, 2.45) is 29.6 Å². The Morgan fingerprint density at radius 1 is 0.958 bits per heavy atom. The Kier molecular flexibility index (Phi) is 7.34. The highest BCUT2D eigenvalue weighted by atomic mass is 16.3. The topological polar surface area (TPSA) is 20.2 Å². The molecule has 0 aromatic heterocycles. The molecule has 2 rings (SSSR count). The van der Waals surface area contributed by atoms with E-state index in [2.05, 4.69) is 39.7 Å². The Balaban J connectivity index is 2.22. The Hall–Kier alpha value is -0.820. The summed E-state index contributed by atoms with van der Waals surface area (Å²) in [6.07, 6.45) is 12.9. The molecule has 2 aliphatic carbocycles.